The summed E-state index contributed by atoms with van der Waals surface area (Å²) in [6.07, 6.45) is 0.526. The number of rotatable bonds is 4. The van der Waals surface area contributed by atoms with E-state index in [-0.39, 0.29) is 12.5 Å². The summed E-state index contributed by atoms with van der Waals surface area (Å²) in [7, 11) is 1.61. The molecule has 15 heavy (non-hydrogen) atoms. The van der Waals surface area contributed by atoms with E-state index in [0.717, 1.165) is 16.9 Å². The predicted octanol–water partition coefficient (Wildman–Crippen LogP) is 1.68. The quantitative estimate of drug-likeness (QED) is 0.813. The minimum Gasteiger partial charge on any atom is -0.496 e. The van der Waals surface area contributed by atoms with Crippen LogP contribution in [0.1, 0.15) is 11.1 Å². The Kier molecular flexibility index (Phi) is 4.14. The van der Waals surface area contributed by atoms with Crippen LogP contribution >= 0.6 is 0 Å². The second-order valence-electron chi connectivity index (χ2n) is 3.53. The normalized spacial score (nSPS) is 11.9. The summed E-state index contributed by atoms with van der Waals surface area (Å²) in [4.78, 5) is 0. The van der Waals surface area contributed by atoms with Crippen LogP contribution in [0.3, 0.4) is 0 Å². The molecule has 3 nitrogen and oxygen atoms in total. The molecule has 1 aromatic rings. The first-order valence-electron chi connectivity index (χ1n) is 4.85. The zero-order chi connectivity index (χ0) is 11.3. The van der Waals surface area contributed by atoms with Crippen LogP contribution in [0, 0.1) is 24.2 Å². The van der Waals surface area contributed by atoms with Crippen molar-refractivity contribution in [3.8, 4) is 11.8 Å². The van der Waals surface area contributed by atoms with Crippen LogP contribution in [-0.2, 0) is 6.42 Å². The lowest BCUT2D eigenvalue weighted by Crippen LogP contribution is -2.08. The number of aliphatic hydroxyl groups excluding tert-OH is 1. The second kappa shape index (κ2) is 5.38. The summed E-state index contributed by atoms with van der Waals surface area (Å²) in [6.45, 7) is 1.87. The third-order valence-corrected chi connectivity index (χ3v) is 2.31. The van der Waals surface area contributed by atoms with E-state index in [0.29, 0.717) is 6.42 Å². The maximum Gasteiger partial charge on any atom is 0.122 e. The second-order valence-corrected chi connectivity index (χ2v) is 3.53. The highest BCUT2D eigenvalue weighted by Gasteiger charge is 2.11. The predicted molar refractivity (Wildman–Crippen MR) is 57.6 cm³/mol. The maximum absolute atomic E-state index is 8.96. The van der Waals surface area contributed by atoms with Crippen molar-refractivity contribution in [1.82, 2.24) is 0 Å². The molecular formula is C12H15NO2. The van der Waals surface area contributed by atoms with Crippen LogP contribution in [0.2, 0.25) is 0 Å². The van der Waals surface area contributed by atoms with Gasteiger partial charge in [-0.2, -0.15) is 5.26 Å². The molecule has 0 saturated heterocycles. The van der Waals surface area contributed by atoms with Gasteiger partial charge < -0.3 is 9.84 Å². The number of nitriles is 1. The number of aryl methyl sites for hydroxylation is 1. The Hall–Kier alpha value is -1.53. The Bertz CT molecular complexity index is 368. The number of ether oxygens (including phenoxy) is 1. The average Bonchev–Trinajstić information content (AvgIpc) is 2.26. The van der Waals surface area contributed by atoms with E-state index in [1.165, 1.54) is 0 Å². The minimum absolute atomic E-state index is 0.117. The van der Waals surface area contributed by atoms with Crippen LogP contribution in [0.4, 0.5) is 0 Å². The summed E-state index contributed by atoms with van der Waals surface area (Å²) in [5.74, 6) is 0.412. The Balaban J connectivity index is 2.92. The number of nitrogens with zero attached hydrogens (tertiary/aromatic N) is 1. The Morgan fingerprint density at radius 2 is 2.27 bits per heavy atom. The molecule has 0 heterocycles. The minimum atomic E-state index is -0.360. The van der Waals surface area contributed by atoms with Crippen molar-refractivity contribution in [2.75, 3.05) is 13.7 Å². The fourth-order valence-corrected chi connectivity index (χ4v) is 1.48. The zero-order valence-electron chi connectivity index (χ0n) is 9.03. The summed E-state index contributed by atoms with van der Waals surface area (Å²) >= 11 is 0. The highest BCUT2D eigenvalue weighted by Crippen LogP contribution is 2.22. The largest absolute Gasteiger partial charge is 0.496 e. The van der Waals surface area contributed by atoms with Crippen LogP contribution < -0.4 is 4.74 Å². The molecule has 1 unspecified atom stereocenters. The molecule has 1 N–H and O–H groups in total. The number of aliphatic hydroxyl groups is 1. The fourth-order valence-electron chi connectivity index (χ4n) is 1.48. The van der Waals surface area contributed by atoms with Gasteiger partial charge in [0.15, 0.2) is 0 Å². The first-order valence-corrected chi connectivity index (χ1v) is 4.85. The van der Waals surface area contributed by atoms with Gasteiger partial charge in [-0.3, -0.25) is 0 Å². The highest BCUT2D eigenvalue weighted by molar-refractivity contribution is 5.37. The van der Waals surface area contributed by atoms with E-state index in [2.05, 4.69) is 6.07 Å². The van der Waals surface area contributed by atoms with Crippen LogP contribution in [-0.4, -0.2) is 18.8 Å². The van der Waals surface area contributed by atoms with Gasteiger partial charge >= 0.3 is 0 Å². The van der Waals surface area contributed by atoms with Crippen LogP contribution in [0.5, 0.6) is 5.75 Å². The Morgan fingerprint density at radius 3 is 2.80 bits per heavy atom. The van der Waals surface area contributed by atoms with Gasteiger partial charge in [-0.05, 0) is 25.0 Å². The van der Waals surface area contributed by atoms with E-state index in [4.69, 9.17) is 15.1 Å². The molecule has 0 radical (unpaired) electrons. The third kappa shape index (κ3) is 2.97. The van der Waals surface area contributed by atoms with Gasteiger partial charge in [0.1, 0.15) is 5.75 Å². The number of methoxy groups -OCH3 is 1. The Labute approximate surface area is 89.9 Å². The lowest BCUT2D eigenvalue weighted by atomic mass is 9.99. The average molecular weight is 205 g/mol. The molecule has 0 bridgehead atoms. The molecule has 0 aliphatic carbocycles. The molecule has 0 amide bonds. The van der Waals surface area contributed by atoms with Crippen molar-refractivity contribution < 1.29 is 9.84 Å². The monoisotopic (exact) mass is 205 g/mol. The van der Waals surface area contributed by atoms with Crippen molar-refractivity contribution in [3.63, 3.8) is 0 Å². The molecule has 0 spiro atoms. The lowest BCUT2D eigenvalue weighted by molar-refractivity contribution is 0.254. The molecule has 3 heteroatoms. The van der Waals surface area contributed by atoms with Gasteiger partial charge in [0.2, 0.25) is 0 Å². The summed E-state index contributed by atoms with van der Waals surface area (Å²) in [5.41, 5.74) is 2.10. The molecule has 1 atom stereocenters. The van der Waals surface area contributed by atoms with Gasteiger partial charge in [-0.1, -0.05) is 17.7 Å². The van der Waals surface area contributed by atoms with Gasteiger partial charge in [0.05, 0.1) is 25.7 Å². The standard InChI is InChI=1S/C12H15NO2/c1-9-3-4-12(15-2)11(5-9)6-10(7-13)8-14/h3-5,10,14H,6,8H2,1-2H3. The number of benzene rings is 1. The topological polar surface area (TPSA) is 53.2 Å². The highest BCUT2D eigenvalue weighted by atomic mass is 16.5. The summed E-state index contributed by atoms with van der Waals surface area (Å²) in [5, 5.41) is 17.7. The molecule has 0 saturated carbocycles. The molecule has 0 aromatic heterocycles. The third-order valence-electron chi connectivity index (χ3n) is 2.31. The Morgan fingerprint density at radius 1 is 1.53 bits per heavy atom. The van der Waals surface area contributed by atoms with Gasteiger partial charge in [0.25, 0.3) is 0 Å². The van der Waals surface area contributed by atoms with E-state index in [1.54, 1.807) is 7.11 Å². The van der Waals surface area contributed by atoms with Gasteiger partial charge in [0, 0.05) is 0 Å². The molecule has 80 valence electrons. The lowest BCUT2D eigenvalue weighted by Gasteiger charge is -2.11. The van der Waals surface area contributed by atoms with Crippen LogP contribution in [0.25, 0.3) is 0 Å². The summed E-state index contributed by atoms with van der Waals surface area (Å²) in [6, 6.07) is 7.90. The van der Waals surface area contributed by atoms with Crippen molar-refractivity contribution in [2.45, 2.75) is 13.3 Å². The maximum atomic E-state index is 8.96. The van der Waals surface area contributed by atoms with E-state index >= 15 is 0 Å². The number of hydrogen-bond acceptors (Lipinski definition) is 3. The number of hydrogen-bond donors (Lipinski definition) is 1. The summed E-state index contributed by atoms with van der Waals surface area (Å²) < 4.78 is 5.20. The van der Waals surface area contributed by atoms with Gasteiger partial charge in [-0.25, -0.2) is 0 Å². The fraction of sp³-hybridized carbons (Fsp3) is 0.417. The smallest absolute Gasteiger partial charge is 0.122 e. The molecule has 1 aromatic carbocycles. The van der Waals surface area contributed by atoms with Crippen molar-refractivity contribution in [3.05, 3.63) is 29.3 Å². The van der Waals surface area contributed by atoms with Crippen molar-refractivity contribution in [1.29, 1.82) is 5.26 Å². The molecule has 0 fully saturated rings. The molecule has 0 aliphatic rings. The van der Waals surface area contributed by atoms with Crippen molar-refractivity contribution in [2.24, 2.45) is 5.92 Å². The van der Waals surface area contributed by atoms with Gasteiger partial charge in [-0.15, -0.1) is 0 Å². The van der Waals surface area contributed by atoms with E-state index in [9.17, 15) is 0 Å². The molecule has 0 aliphatic heterocycles. The molecular weight excluding hydrogens is 190 g/mol. The van der Waals surface area contributed by atoms with Crippen molar-refractivity contribution >= 4 is 0 Å². The zero-order valence-corrected chi connectivity index (χ0v) is 9.03. The first-order chi connectivity index (χ1) is 7.21. The molecule has 1 rings (SSSR count). The SMILES string of the molecule is COc1ccc(C)cc1CC(C#N)CO. The van der Waals surface area contributed by atoms with Crippen LogP contribution in [0.15, 0.2) is 18.2 Å². The van der Waals surface area contributed by atoms with E-state index in [1.807, 2.05) is 25.1 Å². The van der Waals surface area contributed by atoms with E-state index < -0.39 is 0 Å². The first kappa shape index (κ1) is 11.5.